The molecule has 1 aromatic heterocycles. The normalized spacial score (nSPS) is 7.17. The van der Waals surface area contributed by atoms with E-state index in [1.54, 1.807) is 6.20 Å². The summed E-state index contributed by atoms with van der Waals surface area (Å²) in [4.78, 5) is 6.30. The summed E-state index contributed by atoms with van der Waals surface area (Å²) in [6.45, 7) is 0. The molecule has 0 unspecified atom stereocenters. The van der Waals surface area contributed by atoms with E-state index in [4.69, 9.17) is 34.3 Å². The van der Waals surface area contributed by atoms with Crippen LogP contribution in [0.3, 0.4) is 0 Å². The first kappa shape index (κ1) is 15.0. The zero-order valence-corrected chi connectivity index (χ0v) is 10.6. The van der Waals surface area contributed by atoms with Crippen LogP contribution < -0.4 is 29.6 Å². The van der Waals surface area contributed by atoms with Crippen LogP contribution in [0.1, 0.15) is 4.88 Å². The zero-order valence-electron chi connectivity index (χ0n) is 6.24. The predicted molar refractivity (Wildman–Crippen MR) is 46.8 cm³/mol. The molecule has 4 nitrogen and oxygen atoms in total. The molecule has 1 heterocycles. The molecule has 0 saturated carbocycles. The van der Waals surface area contributed by atoms with Gasteiger partial charge in [0, 0.05) is 11.1 Å². The number of nitrogens with zero attached hydrogens (tertiary/aromatic N) is 4. The SMILES string of the molecule is ClCc1cnc(Cl)s1.[N-]=[N+]=[N-].[Na+]. The molecular weight excluding hydrogens is 230 g/mol. The van der Waals surface area contributed by atoms with Crippen molar-refractivity contribution >= 4 is 34.5 Å². The molecule has 0 aliphatic heterocycles. The van der Waals surface area contributed by atoms with E-state index in [0.29, 0.717) is 10.3 Å². The van der Waals surface area contributed by atoms with Crippen molar-refractivity contribution in [2.75, 3.05) is 0 Å². The first-order valence-corrected chi connectivity index (χ1v) is 4.12. The van der Waals surface area contributed by atoms with Gasteiger partial charge in [-0.2, -0.15) is 0 Å². The van der Waals surface area contributed by atoms with Crippen molar-refractivity contribution in [3.63, 3.8) is 0 Å². The van der Waals surface area contributed by atoms with E-state index < -0.39 is 0 Å². The van der Waals surface area contributed by atoms with Gasteiger partial charge in [-0.15, -0.1) is 22.9 Å². The van der Waals surface area contributed by atoms with Crippen LogP contribution in [0.4, 0.5) is 0 Å². The van der Waals surface area contributed by atoms with Gasteiger partial charge in [0.05, 0.1) is 5.88 Å². The molecule has 0 aromatic carbocycles. The number of halogens is 2. The third-order valence-electron chi connectivity index (χ3n) is 0.657. The van der Waals surface area contributed by atoms with Gasteiger partial charge in [0.15, 0.2) is 4.47 Å². The summed E-state index contributed by atoms with van der Waals surface area (Å²) in [5.74, 6) is 0.504. The second-order valence-corrected chi connectivity index (χ2v) is 3.27. The van der Waals surface area contributed by atoms with Gasteiger partial charge in [0.25, 0.3) is 0 Å². The monoisotopic (exact) mass is 232 g/mol. The van der Waals surface area contributed by atoms with Gasteiger partial charge in [-0.05, 0) is 0 Å². The van der Waals surface area contributed by atoms with E-state index in [9.17, 15) is 0 Å². The van der Waals surface area contributed by atoms with Gasteiger partial charge in [0.2, 0.25) is 0 Å². The van der Waals surface area contributed by atoms with Gasteiger partial charge < -0.3 is 11.1 Å². The fourth-order valence-electron chi connectivity index (χ4n) is 0.345. The van der Waals surface area contributed by atoms with Gasteiger partial charge >= 0.3 is 29.6 Å². The Labute approximate surface area is 106 Å². The number of hydrogen-bond donors (Lipinski definition) is 0. The van der Waals surface area contributed by atoms with Gasteiger partial charge in [0.1, 0.15) is 0 Å². The maximum atomic E-state index is 6.75. The summed E-state index contributed by atoms with van der Waals surface area (Å²) in [7, 11) is 0. The third-order valence-corrected chi connectivity index (χ3v) is 2.22. The molecule has 1 aromatic rings. The molecule has 12 heavy (non-hydrogen) atoms. The van der Waals surface area contributed by atoms with Crippen LogP contribution in [0, 0.1) is 0 Å². The molecule has 0 fully saturated rings. The first-order chi connectivity index (χ1) is 5.24. The van der Waals surface area contributed by atoms with E-state index in [-0.39, 0.29) is 29.6 Å². The van der Waals surface area contributed by atoms with Crippen LogP contribution in [-0.4, -0.2) is 4.98 Å². The van der Waals surface area contributed by atoms with Crippen LogP contribution in [0.5, 0.6) is 0 Å². The van der Waals surface area contributed by atoms with Crippen molar-refractivity contribution < 1.29 is 29.6 Å². The molecule has 0 amide bonds. The van der Waals surface area contributed by atoms with Crippen molar-refractivity contribution in [2.24, 2.45) is 0 Å². The number of alkyl halides is 1. The van der Waals surface area contributed by atoms with Crippen LogP contribution in [0.2, 0.25) is 4.47 Å². The summed E-state index contributed by atoms with van der Waals surface area (Å²) in [5.41, 5.74) is 13.5. The van der Waals surface area contributed by atoms with Crippen molar-refractivity contribution in [3.8, 4) is 0 Å². The van der Waals surface area contributed by atoms with E-state index in [1.807, 2.05) is 0 Å². The van der Waals surface area contributed by atoms with Crippen LogP contribution in [0.15, 0.2) is 6.20 Å². The van der Waals surface area contributed by atoms with E-state index in [1.165, 1.54) is 16.2 Å². The minimum Gasteiger partial charge on any atom is -0.373 e. The second-order valence-electron chi connectivity index (χ2n) is 1.30. The third kappa shape index (κ3) is 7.18. The quantitative estimate of drug-likeness (QED) is 0.227. The average molecular weight is 233 g/mol. The Morgan fingerprint density at radius 3 is 2.25 bits per heavy atom. The summed E-state index contributed by atoms with van der Waals surface area (Å²) in [6.07, 6.45) is 1.68. The van der Waals surface area contributed by atoms with Crippen LogP contribution in [0.25, 0.3) is 16.0 Å². The molecule has 1 rings (SSSR count). The molecule has 0 aliphatic rings. The van der Waals surface area contributed by atoms with E-state index >= 15 is 0 Å². The van der Waals surface area contributed by atoms with Crippen LogP contribution >= 0.6 is 34.5 Å². The fourth-order valence-corrected chi connectivity index (χ4v) is 1.41. The fraction of sp³-hybridized carbons (Fsp3) is 0.250. The predicted octanol–water partition coefficient (Wildman–Crippen LogP) is 0.405. The molecule has 0 radical (unpaired) electrons. The molecule has 0 atom stereocenters. The summed E-state index contributed by atoms with van der Waals surface area (Å²) < 4.78 is 0.556. The zero-order chi connectivity index (χ0) is 8.69. The smallest absolute Gasteiger partial charge is 0.373 e. The van der Waals surface area contributed by atoms with Crippen LogP contribution in [-0.2, 0) is 5.88 Å². The minimum absolute atomic E-state index is 0. The second kappa shape index (κ2) is 9.61. The largest absolute Gasteiger partial charge is 1.00 e. The van der Waals surface area contributed by atoms with E-state index in [0.717, 1.165) is 4.88 Å². The Kier molecular flexibility index (Phi) is 12.0. The molecule has 0 N–H and O–H groups in total. The molecule has 0 aliphatic carbocycles. The Morgan fingerprint density at radius 2 is 2.08 bits per heavy atom. The topological polar surface area (TPSA) is 71.6 Å². The van der Waals surface area contributed by atoms with Crippen molar-refractivity contribution in [2.45, 2.75) is 5.88 Å². The number of thiazole rings is 1. The Bertz CT molecular complexity index is 247. The van der Waals surface area contributed by atoms with Crippen molar-refractivity contribution in [1.82, 2.24) is 4.98 Å². The summed E-state index contributed by atoms with van der Waals surface area (Å²) in [6, 6.07) is 0. The van der Waals surface area contributed by atoms with Crippen molar-refractivity contribution in [3.05, 3.63) is 31.5 Å². The Balaban J connectivity index is 0. The standard InChI is InChI=1S/C4H3Cl2NS.N3.Na/c5-1-3-2-7-4(6)8-3;1-3-2;/h2H,1H2;;/q;-1;+1. The number of aromatic nitrogens is 1. The molecular formula is C4H3Cl2N4NaS. The maximum Gasteiger partial charge on any atom is 1.00 e. The maximum absolute atomic E-state index is 6.75. The van der Waals surface area contributed by atoms with Gasteiger partial charge in [-0.3, -0.25) is 4.91 Å². The Morgan fingerprint density at radius 1 is 1.58 bits per heavy atom. The van der Waals surface area contributed by atoms with Gasteiger partial charge in [-0.25, -0.2) is 4.98 Å². The summed E-state index contributed by atoms with van der Waals surface area (Å²) >= 11 is 12.4. The van der Waals surface area contributed by atoms with E-state index in [2.05, 4.69) is 4.98 Å². The molecule has 0 spiro atoms. The van der Waals surface area contributed by atoms with Crippen molar-refractivity contribution in [1.29, 1.82) is 0 Å². The minimum atomic E-state index is 0. The molecule has 60 valence electrons. The Hall–Kier alpha value is 0.520. The molecule has 0 bridgehead atoms. The van der Waals surface area contributed by atoms with Gasteiger partial charge in [-0.1, -0.05) is 11.6 Å². The number of rotatable bonds is 1. The average Bonchev–Trinajstić information content (AvgIpc) is 2.37. The molecule has 8 heteroatoms. The number of hydrogen-bond acceptors (Lipinski definition) is 2. The first-order valence-electron chi connectivity index (χ1n) is 2.39. The summed E-state index contributed by atoms with van der Waals surface area (Å²) in [5, 5.41) is 0. The molecule has 0 saturated heterocycles.